The number of alkyl halides is 1. The van der Waals surface area contributed by atoms with Gasteiger partial charge in [0.15, 0.2) is 0 Å². The number of nitrogens with zero attached hydrogens (tertiary/aromatic N) is 1. The van der Waals surface area contributed by atoms with E-state index in [1.165, 1.54) is 17.2 Å². The van der Waals surface area contributed by atoms with Gasteiger partial charge in [-0.05, 0) is 49.1 Å². The Balaban J connectivity index is 2.04. The minimum absolute atomic E-state index is 0.198. The number of fused-ring (bicyclic) bond motifs is 1. The summed E-state index contributed by atoms with van der Waals surface area (Å²) in [5, 5.41) is 0. The Morgan fingerprint density at radius 3 is 2.70 bits per heavy atom. The highest BCUT2D eigenvalue weighted by Gasteiger charge is 2.20. The number of aryl methyl sites for hydroxylation is 2. The summed E-state index contributed by atoms with van der Waals surface area (Å²) in [6.45, 7) is 2.95. The summed E-state index contributed by atoms with van der Waals surface area (Å²) in [6, 6.07) is 11.6. The van der Waals surface area contributed by atoms with E-state index in [9.17, 15) is 4.39 Å². The molecule has 0 aliphatic carbocycles. The second-order valence-corrected chi connectivity index (χ2v) is 5.57. The van der Waals surface area contributed by atoms with Gasteiger partial charge in [0.1, 0.15) is 5.82 Å². The molecule has 0 aromatic heterocycles. The molecule has 1 aliphatic heterocycles. The third-order valence-electron chi connectivity index (χ3n) is 3.81. The molecule has 1 aliphatic rings. The van der Waals surface area contributed by atoms with Crippen LogP contribution in [0.3, 0.4) is 0 Å². The average molecular weight is 290 g/mol. The number of halogens is 2. The van der Waals surface area contributed by atoms with E-state index in [2.05, 4.69) is 30.0 Å². The summed E-state index contributed by atoms with van der Waals surface area (Å²) in [5.41, 5.74) is 5.14. The first kappa shape index (κ1) is 13.4. The quantitative estimate of drug-likeness (QED) is 0.707. The second kappa shape index (κ2) is 5.45. The van der Waals surface area contributed by atoms with Gasteiger partial charge < -0.3 is 4.90 Å². The minimum Gasteiger partial charge on any atom is -0.339 e. The molecule has 1 heterocycles. The van der Waals surface area contributed by atoms with Crippen LogP contribution in [0.25, 0.3) is 0 Å². The molecule has 3 heteroatoms. The van der Waals surface area contributed by atoms with Gasteiger partial charge in [-0.1, -0.05) is 23.8 Å². The predicted molar refractivity (Wildman–Crippen MR) is 82.5 cm³/mol. The van der Waals surface area contributed by atoms with Crippen molar-refractivity contribution < 1.29 is 4.39 Å². The van der Waals surface area contributed by atoms with Crippen LogP contribution in [0, 0.1) is 12.7 Å². The van der Waals surface area contributed by atoms with E-state index in [4.69, 9.17) is 11.6 Å². The molecule has 0 unspecified atom stereocenters. The van der Waals surface area contributed by atoms with Crippen molar-refractivity contribution in [2.75, 3.05) is 11.4 Å². The van der Waals surface area contributed by atoms with Gasteiger partial charge in [0, 0.05) is 18.1 Å². The van der Waals surface area contributed by atoms with Crippen molar-refractivity contribution in [3.8, 4) is 0 Å². The number of hydrogen-bond acceptors (Lipinski definition) is 1. The zero-order valence-corrected chi connectivity index (χ0v) is 12.3. The molecule has 0 bridgehead atoms. The first-order chi connectivity index (χ1) is 9.69. The Kier molecular flexibility index (Phi) is 3.66. The van der Waals surface area contributed by atoms with E-state index in [0.29, 0.717) is 11.6 Å². The van der Waals surface area contributed by atoms with Gasteiger partial charge >= 0.3 is 0 Å². The van der Waals surface area contributed by atoms with Crippen molar-refractivity contribution in [3.05, 3.63) is 58.9 Å². The monoisotopic (exact) mass is 289 g/mol. The van der Waals surface area contributed by atoms with Crippen LogP contribution in [0.5, 0.6) is 0 Å². The molecule has 2 aromatic carbocycles. The van der Waals surface area contributed by atoms with E-state index in [-0.39, 0.29) is 5.82 Å². The summed E-state index contributed by atoms with van der Waals surface area (Å²) in [5.74, 6) is 0.143. The predicted octanol–water partition coefficient (Wildman–Crippen LogP) is 4.96. The van der Waals surface area contributed by atoms with Crippen LogP contribution in [0.2, 0.25) is 0 Å². The lowest BCUT2D eigenvalue weighted by Gasteiger charge is -2.32. The molecule has 3 rings (SSSR count). The lowest BCUT2D eigenvalue weighted by Crippen LogP contribution is -2.25. The van der Waals surface area contributed by atoms with Crippen molar-refractivity contribution in [1.82, 2.24) is 0 Å². The van der Waals surface area contributed by atoms with Crippen LogP contribution < -0.4 is 4.90 Å². The Bertz CT molecular complexity index is 639. The molecule has 104 valence electrons. The van der Waals surface area contributed by atoms with Crippen LogP contribution in [-0.4, -0.2) is 6.54 Å². The maximum atomic E-state index is 14.3. The smallest absolute Gasteiger partial charge is 0.147 e. The minimum atomic E-state index is -0.198. The maximum absolute atomic E-state index is 14.3. The van der Waals surface area contributed by atoms with E-state index < -0.39 is 0 Å². The highest BCUT2D eigenvalue weighted by molar-refractivity contribution is 6.17. The number of rotatable bonds is 2. The van der Waals surface area contributed by atoms with Gasteiger partial charge in [0.05, 0.1) is 5.69 Å². The first-order valence-corrected chi connectivity index (χ1v) is 7.44. The molecule has 0 amide bonds. The van der Waals surface area contributed by atoms with Crippen molar-refractivity contribution >= 4 is 23.0 Å². The normalized spacial score (nSPS) is 14.2. The van der Waals surface area contributed by atoms with E-state index in [1.807, 2.05) is 12.1 Å². The molecule has 0 spiro atoms. The summed E-state index contributed by atoms with van der Waals surface area (Å²) in [4.78, 5) is 2.08. The van der Waals surface area contributed by atoms with Gasteiger partial charge in [-0.15, -0.1) is 11.6 Å². The number of benzene rings is 2. The molecule has 0 saturated heterocycles. The summed E-state index contributed by atoms with van der Waals surface area (Å²) in [6.07, 6.45) is 2.11. The topological polar surface area (TPSA) is 3.24 Å². The van der Waals surface area contributed by atoms with Gasteiger partial charge in [0.25, 0.3) is 0 Å². The lowest BCUT2D eigenvalue weighted by molar-refractivity contribution is 0.619. The molecule has 0 fully saturated rings. The zero-order chi connectivity index (χ0) is 14.1. The fourth-order valence-electron chi connectivity index (χ4n) is 2.83. The van der Waals surface area contributed by atoms with Gasteiger partial charge in [-0.2, -0.15) is 0 Å². The van der Waals surface area contributed by atoms with Gasteiger partial charge in [-0.3, -0.25) is 0 Å². The largest absolute Gasteiger partial charge is 0.339 e. The van der Waals surface area contributed by atoms with Gasteiger partial charge in [-0.25, -0.2) is 4.39 Å². The van der Waals surface area contributed by atoms with Crippen LogP contribution in [0.15, 0.2) is 36.4 Å². The van der Waals surface area contributed by atoms with E-state index in [0.717, 1.165) is 30.6 Å². The van der Waals surface area contributed by atoms with Crippen molar-refractivity contribution in [2.45, 2.75) is 25.6 Å². The molecule has 20 heavy (non-hydrogen) atoms. The summed E-state index contributed by atoms with van der Waals surface area (Å²) >= 11 is 5.76. The number of hydrogen-bond donors (Lipinski definition) is 0. The highest BCUT2D eigenvalue weighted by atomic mass is 35.5. The molecular weight excluding hydrogens is 273 g/mol. The standard InChI is InChI=1S/C17H17ClFN/c1-12-4-6-16-14(9-12)3-2-8-20(16)17-7-5-13(11-18)10-15(17)19/h4-7,9-10H,2-3,8,11H2,1H3. The maximum Gasteiger partial charge on any atom is 0.147 e. The average Bonchev–Trinajstić information content (AvgIpc) is 2.46. The fraction of sp³-hybridized carbons (Fsp3) is 0.294. The SMILES string of the molecule is Cc1ccc2c(c1)CCCN2c1ccc(CCl)cc1F. The van der Waals surface area contributed by atoms with Crippen molar-refractivity contribution in [1.29, 1.82) is 0 Å². The molecule has 0 saturated carbocycles. The van der Waals surface area contributed by atoms with E-state index >= 15 is 0 Å². The Morgan fingerprint density at radius 2 is 1.95 bits per heavy atom. The fourth-order valence-corrected chi connectivity index (χ4v) is 2.99. The lowest BCUT2D eigenvalue weighted by atomic mass is 9.99. The van der Waals surface area contributed by atoms with Crippen molar-refractivity contribution in [3.63, 3.8) is 0 Å². The zero-order valence-electron chi connectivity index (χ0n) is 11.5. The van der Waals surface area contributed by atoms with Crippen molar-refractivity contribution in [2.24, 2.45) is 0 Å². The molecule has 0 radical (unpaired) electrons. The first-order valence-electron chi connectivity index (χ1n) is 6.90. The highest BCUT2D eigenvalue weighted by Crippen LogP contribution is 2.35. The summed E-state index contributed by atoms with van der Waals surface area (Å²) < 4.78 is 14.3. The van der Waals surface area contributed by atoms with Crippen LogP contribution >= 0.6 is 11.6 Å². The van der Waals surface area contributed by atoms with Crippen LogP contribution in [0.1, 0.15) is 23.1 Å². The molecule has 1 nitrogen and oxygen atoms in total. The van der Waals surface area contributed by atoms with Gasteiger partial charge in [0.2, 0.25) is 0 Å². The van der Waals surface area contributed by atoms with E-state index in [1.54, 1.807) is 0 Å². The second-order valence-electron chi connectivity index (χ2n) is 5.31. The Morgan fingerprint density at radius 1 is 1.15 bits per heavy atom. The molecule has 0 atom stereocenters. The van der Waals surface area contributed by atoms with Crippen LogP contribution in [0.4, 0.5) is 15.8 Å². The summed E-state index contributed by atoms with van der Waals surface area (Å²) in [7, 11) is 0. The molecular formula is C17H17ClFN. The third kappa shape index (κ3) is 2.40. The Labute approximate surface area is 124 Å². The molecule has 2 aromatic rings. The third-order valence-corrected chi connectivity index (χ3v) is 4.12. The molecule has 0 N–H and O–H groups in total. The Hall–Kier alpha value is -1.54. The van der Waals surface area contributed by atoms with Crippen LogP contribution in [-0.2, 0) is 12.3 Å². The number of anilines is 2.